The van der Waals surface area contributed by atoms with Crippen LogP contribution in [-0.2, 0) is 6.54 Å². The molecular formula is C25H33F2N5. The van der Waals surface area contributed by atoms with Gasteiger partial charge in [0.15, 0.2) is 0 Å². The van der Waals surface area contributed by atoms with Gasteiger partial charge in [0, 0.05) is 49.7 Å². The number of alkyl halides is 2. The highest BCUT2D eigenvalue weighted by molar-refractivity contribution is 5.48. The van der Waals surface area contributed by atoms with Crippen molar-refractivity contribution in [2.24, 2.45) is 5.92 Å². The Morgan fingerprint density at radius 2 is 1.66 bits per heavy atom. The fourth-order valence-corrected chi connectivity index (χ4v) is 4.83. The minimum absolute atomic E-state index is 0.135. The molecule has 1 N–H and O–H groups in total. The number of piperidine rings is 2. The molecule has 0 spiro atoms. The molecule has 5 nitrogen and oxygen atoms in total. The highest BCUT2D eigenvalue weighted by Crippen LogP contribution is 2.39. The van der Waals surface area contributed by atoms with Crippen molar-refractivity contribution < 1.29 is 8.78 Å². The lowest BCUT2D eigenvalue weighted by Gasteiger charge is -2.37. The summed E-state index contributed by atoms with van der Waals surface area (Å²) in [5.74, 6) is -1.69. The summed E-state index contributed by atoms with van der Waals surface area (Å²) in [6, 6.07) is 8.83. The van der Waals surface area contributed by atoms with E-state index < -0.39 is 11.8 Å². The third-order valence-electron chi connectivity index (χ3n) is 7.29. The van der Waals surface area contributed by atoms with E-state index in [0.717, 1.165) is 44.0 Å². The summed E-state index contributed by atoms with van der Waals surface area (Å²) in [5.41, 5.74) is 3.56. The van der Waals surface area contributed by atoms with Crippen LogP contribution in [0.15, 0.2) is 36.7 Å². The van der Waals surface area contributed by atoms with Crippen molar-refractivity contribution in [1.82, 2.24) is 14.9 Å². The number of hydrogen-bond acceptors (Lipinski definition) is 5. The van der Waals surface area contributed by atoms with Crippen LogP contribution < -0.4 is 10.2 Å². The molecule has 1 saturated carbocycles. The summed E-state index contributed by atoms with van der Waals surface area (Å²) in [5, 5.41) is 3.49. The predicted octanol–water partition coefficient (Wildman–Crippen LogP) is 4.91. The molecule has 1 aliphatic carbocycles. The summed E-state index contributed by atoms with van der Waals surface area (Å²) in [7, 11) is 0. The lowest BCUT2D eigenvalue weighted by molar-refractivity contribution is -0.106. The molecule has 1 atom stereocenters. The first-order valence-electron chi connectivity index (χ1n) is 12.0. The van der Waals surface area contributed by atoms with Gasteiger partial charge >= 0.3 is 0 Å². The van der Waals surface area contributed by atoms with Gasteiger partial charge in [-0.1, -0.05) is 19.1 Å². The second kappa shape index (κ2) is 8.93. The quantitative estimate of drug-likeness (QED) is 0.690. The Labute approximate surface area is 189 Å². The maximum atomic E-state index is 14.0. The van der Waals surface area contributed by atoms with E-state index in [1.165, 1.54) is 24.1 Å². The van der Waals surface area contributed by atoms with Crippen LogP contribution in [0.2, 0.25) is 0 Å². The average Bonchev–Trinajstić information content (AvgIpc) is 3.63. The van der Waals surface area contributed by atoms with Crippen LogP contribution in [0.5, 0.6) is 0 Å². The highest BCUT2D eigenvalue weighted by atomic mass is 19.3. The van der Waals surface area contributed by atoms with Crippen LogP contribution in [-0.4, -0.2) is 53.0 Å². The molecule has 7 heteroatoms. The lowest BCUT2D eigenvalue weighted by atomic mass is 9.94. The Morgan fingerprint density at radius 3 is 2.28 bits per heavy atom. The molecule has 2 aromatic rings. The van der Waals surface area contributed by atoms with E-state index in [1.807, 2.05) is 17.3 Å². The van der Waals surface area contributed by atoms with Crippen molar-refractivity contribution in [1.29, 1.82) is 0 Å². The van der Waals surface area contributed by atoms with Crippen molar-refractivity contribution in [3.8, 4) is 0 Å². The molecule has 0 radical (unpaired) electrons. The number of nitrogens with zero attached hydrogens (tertiary/aromatic N) is 4. The third kappa shape index (κ3) is 5.03. The van der Waals surface area contributed by atoms with Gasteiger partial charge in [-0.25, -0.2) is 18.7 Å². The van der Waals surface area contributed by atoms with Gasteiger partial charge in [-0.3, -0.25) is 4.90 Å². The standard InChI is InChI=1S/C25H33F2N5/c1-18-8-11-31(17-25(18,26)27)16-19-2-6-23(7-3-19)32-12-9-22(10-13-32)30-24-28-14-21(15-29-24)20-4-5-20/h2-3,6-7,14-15,18,20,22H,4-5,8-13,16-17H2,1H3,(H,28,29,30). The molecule has 5 rings (SSSR count). The predicted molar refractivity (Wildman–Crippen MR) is 123 cm³/mol. The average molecular weight is 442 g/mol. The number of anilines is 2. The fraction of sp³-hybridized carbons (Fsp3) is 0.600. The second-order valence-electron chi connectivity index (χ2n) is 9.85. The summed E-state index contributed by atoms with van der Waals surface area (Å²) >= 11 is 0. The maximum absolute atomic E-state index is 14.0. The highest BCUT2D eigenvalue weighted by Gasteiger charge is 2.41. The SMILES string of the molecule is CC1CCN(Cc2ccc(N3CCC(Nc4ncc(C5CC5)cn4)CC3)cc2)CC1(F)F. The summed E-state index contributed by atoms with van der Waals surface area (Å²) in [6.45, 7) is 4.81. The van der Waals surface area contributed by atoms with Crippen LogP contribution >= 0.6 is 0 Å². The normalized spacial score (nSPS) is 24.5. The molecule has 0 bridgehead atoms. The Hall–Kier alpha value is -2.28. The molecule has 2 saturated heterocycles. The van der Waals surface area contributed by atoms with E-state index in [2.05, 4.69) is 44.5 Å². The van der Waals surface area contributed by atoms with Gasteiger partial charge in [-0.15, -0.1) is 0 Å². The number of halogens is 2. The maximum Gasteiger partial charge on any atom is 0.263 e. The van der Waals surface area contributed by atoms with Crippen molar-refractivity contribution >= 4 is 11.6 Å². The summed E-state index contributed by atoms with van der Waals surface area (Å²) in [4.78, 5) is 13.3. The lowest BCUT2D eigenvalue weighted by Crippen LogP contribution is -2.47. The molecule has 0 amide bonds. The molecule has 32 heavy (non-hydrogen) atoms. The van der Waals surface area contributed by atoms with E-state index in [0.29, 0.717) is 24.9 Å². The van der Waals surface area contributed by atoms with Crippen molar-refractivity contribution in [3.05, 3.63) is 47.8 Å². The van der Waals surface area contributed by atoms with E-state index in [9.17, 15) is 8.78 Å². The Kier molecular flexibility index (Phi) is 6.01. The largest absolute Gasteiger partial charge is 0.371 e. The minimum Gasteiger partial charge on any atom is -0.371 e. The van der Waals surface area contributed by atoms with Gasteiger partial charge in [0.25, 0.3) is 5.92 Å². The number of aromatic nitrogens is 2. The number of benzene rings is 1. The van der Waals surface area contributed by atoms with Crippen LogP contribution in [0.3, 0.4) is 0 Å². The minimum atomic E-state index is -2.58. The second-order valence-corrected chi connectivity index (χ2v) is 9.85. The number of rotatable bonds is 6. The Morgan fingerprint density at radius 1 is 0.969 bits per heavy atom. The first-order valence-corrected chi connectivity index (χ1v) is 12.0. The van der Waals surface area contributed by atoms with E-state index in [1.54, 1.807) is 6.92 Å². The monoisotopic (exact) mass is 441 g/mol. The smallest absolute Gasteiger partial charge is 0.263 e. The first-order chi connectivity index (χ1) is 15.5. The third-order valence-corrected chi connectivity index (χ3v) is 7.29. The zero-order valence-corrected chi connectivity index (χ0v) is 18.8. The van der Waals surface area contributed by atoms with E-state index in [-0.39, 0.29) is 6.54 Å². The molecule has 3 fully saturated rings. The Balaban J connectivity index is 1.10. The zero-order chi connectivity index (χ0) is 22.1. The molecule has 3 heterocycles. The van der Waals surface area contributed by atoms with Gasteiger partial charge in [-0.05, 0) is 67.8 Å². The molecule has 1 aromatic carbocycles. The van der Waals surface area contributed by atoms with E-state index in [4.69, 9.17) is 0 Å². The van der Waals surface area contributed by atoms with Crippen molar-refractivity contribution in [3.63, 3.8) is 0 Å². The molecule has 1 unspecified atom stereocenters. The molecule has 172 valence electrons. The van der Waals surface area contributed by atoms with E-state index >= 15 is 0 Å². The van der Waals surface area contributed by atoms with Crippen LogP contribution in [0, 0.1) is 5.92 Å². The molecule has 3 aliphatic rings. The number of hydrogen-bond donors (Lipinski definition) is 1. The van der Waals surface area contributed by atoms with Gasteiger partial charge in [0.1, 0.15) is 0 Å². The fourth-order valence-electron chi connectivity index (χ4n) is 4.83. The van der Waals surface area contributed by atoms with Gasteiger partial charge in [-0.2, -0.15) is 0 Å². The topological polar surface area (TPSA) is 44.3 Å². The molecular weight excluding hydrogens is 408 g/mol. The molecule has 1 aromatic heterocycles. The number of nitrogens with one attached hydrogen (secondary N) is 1. The Bertz CT molecular complexity index is 890. The van der Waals surface area contributed by atoms with Crippen molar-refractivity contribution in [2.75, 3.05) is 36.4 Å². The zero-order valence-electron chi connectivity index (χ0n) is 18.8. The summed E-state index contributed by atoms with van der Waals surface area (Å²) in [6.07, 6.45) is 9.10. The van der Waals surface area contributed by atoms with Gasteiger partial charge in [0.2, 0.25) is 5.95 Å². The van der Waals surface area contributed by atoms with Crippen molar-refractivity contribution in [2.45, 2.75) is 63.5 Å². The van der Waals surface area contributed by atoms with Crippen LogP contribution in [0.1, 0.15) is 56.1 Å². The van der Waals surface area contributed by atoms with Gasteiger partial charge < -0.3 is 10.2 Å². The summed E-state index contributed by atoms with van der Waals surface area (Å²) < 4.78 is 28.0. The number of likely N-dealkylation sites (tertiary alicyclic amines) is 1. The van der Waals surface area contributed by atoms with Crippen LogP contribution in [0.25, 0.3) is 0 Å². The van der Waals surface area contributed by atoms with Crippen LogP contribution in [0.4, 0.5) is 20.4 Å². The first kappa shape index (κ1) is 21.6. The molecule has 2 aliphatic heterocycles. The van der Waals surface area contributed by atoms with Gasteiger partial charge in [0.05, 0.1) is 6.54 Å².